The third-order valence-electron chi connectivity index (χ3n) is 2.17. The highest BCUT2D eigenvalue weighted by molar-refractivity contribution is 4.46. The van der Waals surface area contributed by atoms with Crippen molar-refractivity contribution in [1.29, 1.82) is 0 Å². The van der Waals surface area contributed by atoms with Gasteiger partial charge in [-0.1, -0.05) is 0 Å². The Labute approximate surface area is 97.4 Å². The van der Waals surface area contributed by atoms with Gasteiger partial charge in [-0.25, -0.2) is 0 Å². The Morgan fingerprint density at radius 3 is 1.44 bits per heavy atom. The lowest BCUT2D eigenvalue weighted by molar-refractivity contribution is 0.0184. The van der Waals surface area contributed by atoms with Crippen molar-refractivity contribution in [3.05, 3.63) is 0 Å². The molecule has 0 unspecified atom stereocenters. The van der Waals surface area contributed by atoms with E-state index >= 15 is 0 Å². The van der Waals surface area contributed by atoms with Crippen LogP contribution in [0.2, 0.25) is 0 Å². The predicted molar refractivity (Wildman–Crippen MR) is 60.8 cm³/mol. The second-order valence-corrected chi connectivity index (χ2v) is 3.55. The molecule has 1 fully saturated rings. The number of hydrogen-bond acceptors (Lipinski definition) is 5. The summed E-state index contributed by atoms with van der Waals surface area (Å²) in [6, 6.07) is 0. The maximum Gasteiger partial charge on any atom is 0.0701 e. The minimum atomic E-state index is 0.666. The molecule has 5 nitrogen and oxygen atoms in total. The van der Waals surface area contributed by atoms with E-state index in [0.717, 1.165) is 45.9 Å². The van der Waals surface area contributed by atoms with E-state index in [9.17, 15) is 0 Å². The molecule has 0 aromatic rings. The van der Waals surface area contributed by atoms with Crippen LogP contribution in [0.5, 0.6) is 0 Å². The van der Waals surface area contributed by atoms with E-state index in [1.807, 2.05) is 0 Å². The predicted octanol–water partition coefficient (Wildman–Crippen LogP) is 0.0461. The first-order valence-electron chi connectivity index (χ1n) is 6.02. The standard InChI is InChI=1S/C11H23NO4/c1-4-13-8-10-15-6-2-12-3-7-16-11-9-14-5-1/h12H,1-11H2. The van der Waals surface area contributed by atoms with Gasteiger partial charge >= 0.3 is 0 Å². The van der Waals surface area contributed by atoms with E-state index in [2.05, 4.69) is 5.32 Å². The van der Waals surface area contributed by atoms with Crippen molar-refractivity contribution in [2.45, 2.75) is 6.42 Å². The molecule has 0 aliphatic carbocycles. The summed E-state index contributed by atoms with van der Waals surface area (Å²) in [7, 11) is 0. The Kier molecular flexibility index (Phi) is 9.78. The smallest absolute Gasteiger partial charge is 0.0701 e. The van der Waals surface area contributed by atoms with Gasteiger partial charge in [0.25, 0.3) is 0 Å². The van der Waals surface area contributed by atoms with E-state index in [0.29, 0.717) is 26.4 Å². The fourth-order valence-corrected chi connectivity index (χ4v) is 1.32. The average molecular weight is 233 g/mol. The van der Waals surface area contributed by atoms with E-state index in [-0.39, 0.29) is 0 Å². The number of ether oxygens (including phenoxy) is 4. The Morgan fingerprint density at radius 1 is 0.500 bits per heavy atom. The Balaban J connectivity index is 2.00. The van der Waals surface area contributed by atoms with Crippen molar-refractivity contribution in [2.24, 2.45) is 0 Å². The van der Waals surface area contributed by atoms with Crippen LogP contribution in [0.1, 0.15) is 6.42 Å². The summed E-state index contributed by atoms with van der Waals surface area (Å²) in [5.74, 6) is 0. The molecule has 0 amide bonds. The first-order valence-corrected chi connectivity index (χ1v) is 6.02. The summed E-state index contributed by atoms with van der Waals surface area (Å²) in [4.78, 5) is 0. The largest absolute Gasteiger partial charge is 0.379 e. The van der Waals surface area contributed by atoms with Gasteiger partial charge in [0.1, 0.15) is 0 Å². The summed E-state index contributed by atoms with van der Waals surface area (Å²) in [6.07, 6.45) is 0.932. The fraction of sp³-hybridized carbons (Fsp3) is 1.00. The second kappa shape index (κ2) is 11.3. The molecule has 1 saturated heterocycles. The molecule has 0 bridgehead atoms. The molecule has 0 aromatic carbocycles. The maximum absolute atomic E-state index is 5.38. The third kappa shape index (κ3) is 9.06. The van der Waals surface area contributed by atoms with Crippen molar-refractivity contribution < 1.29 is 18.9 Å². The molecular formula is C11H23NO4. The average Bonchev–Trinajstić information content (AvgIpc) is 2.29. The molecule has 96 valence electrons. The van der Waals surface area contributed by atoms with Crippen molar-refractivity contribution in [1.82, 2.24) is 5.32 Å². The maximum atomic E-state index is 5.38. The van der Waals surface area contributed by atoms with Crippen LogP contribution in [0.15, 0.2) is 0 Å². The summed E-state index contributed by atoms with van der Waals surface area (Å²) in [5.41, 5.74) is 0. The lowest BCUT2D eigenvalue weighted by Crippen LogP contribution is -2.25. The topological polar surface area (TPSA) is 49.0 Å². The van der Waals surface area contributed by atoms with Gasteiger partial charge in [0.2, 0.25) is 0 Å². The molecule has 0 radical (unpaired) electrons. The molecule has 1 aliphatic heterocycles. The first-order chi connectivity index (χ1) is 8.00. The van der Waals surface area contributed by atoms with Gasteiger partial charge in [-0.2, -0.15) is 0 Å². The lowest BCUT2D eigenvalue weighted by atomic mass is 10.5. The number of nitrogens with one attached hydrogen (secondary N) is 1. The van der Waals surface area contributed by atoms with Crippen molar-refractivity contribution in [2.75, 3.05) is 65.9 Å². The highest BCUT2D eigenvalue weighted by atomic mass is 16.5. The van der Waals surface area contributed by atoms with Gasteiger partial charge in [-0.3, -0.25) is 0 Å². The van der Waals surface area contributed by atoms with Crippen molar-refractivity contribution in [3.63, 3.8) is 0 Å². The van der Waals surface area contributed by atoms with Gasteiger partial charge < -0.3 is 24.3 Å². The van der Waals surface area contributed by atoms with Gasteiger partial charge in [-0.05, 0) is 6.42 Å². The quantitative estimate of drug-likeness (QED) is 0.640. The minimum Gasteiger partial charge on any atom is -0.379 e. The summed E-state index contributed by atoms with van der Waals surface area (Å²) in [6.45, 7) is 7.33. The third-order valence-corrected chi connectivity index (χ3v) is 2.17. The van der Waals surface area contributed by atoms with Crippen LogP contribution in [0.25, 0.3) is 0 Å². The number of rotatable bonds is 0. The normalized spacial score (nSPS) is 24.0. The zero-order valence-corrected chi connectivity index (χ0v) is 9.91. The van der Waals surface area contributed by atoms with E-state index in [4.69, 9.17) is 18.9 Å². The van der Waals surface area contributed by atoms with Crippen LogP contribution in [0, 0.1) is 0 Å². The molecule has 0 saturated carbocycles. The molecule has 0 spiro atoms. The Bertz CT molecular complexity index is 81.9. The molecular weight excluding hydrogens is 210 g/mol. The second-order valence-electron chi connectivity index (χ2n) is 3.55. The highest BCUT2D eigenvalue weighted by Crippen LogP contribution is 1.87. The van der Waals surface area contributed by atoms with Crippen LogP contribution >= 0.6 is 0 Å². The van der Waals surface area contributed by atoms with Crippen molar-refractivity contribution >= 4 is 0 Å². The first kappa shape index (κ1) is 13.9. The fourth-order valence-electron chi connectivity index (χ4n) is 1.32. The lowest BCUT2D eigenvalue weighted by Gasteiger charge is -2.09. The number of hydrogen-bond donors (Lipinski definition) is 1. The monoisotopic (exact) mass is 233 g/mol. The van der Waals surface area contributed by atoms with Gasteiger partial charge in [-0.15, -0.1) is 0 Å². The molecule has 5 heteroatoms. The summed E-state index contributed by atoms with van der Waals surface area (Å²) in [5, 5.41) is 3.24. The Morgan fingerprint density at radius 2 is 0.938 bits per heavy atom. The Hall–Kier alpha value is -0.200. The molecule has 1 heterocycles. The van der Waals surface area contributed by atoms with Gasteiger partial charge in [0.05, 0.1) is 39.6 Å². The molecule has 1 aliphatic rings. The zero-order valence-electron chi connectivity index (χ0n) is 9.91. The molecule has 0 aromatic heterocycles. The summed E-state index contributed by atoms with van der Waals surface area (Å²) >= 11 is 0. The van der Waals surface area contributed by atoms with Crippen LogP contribution in [0.3, 0.4) is 0 Å². The molecule has 0 atom stereocenters. The zero-order chi connectivity index (χ0) is 11.3. The molecule has 1 rings (SSSR count). The molecule has 1 N–H and O–H groups in total. The highest BCUT2D eigenvalue weighted by Gasteiger charge is 1.94. The van der Waals surface area contributed by atoms with Gasteiger partial charge in [0.15, 0.2) is 0 Å². The van der Waals surface area contributed by atoms with E-state index < -0.39 is 0 Å². The summed E-state index contributed by atoms with van der Waals surface area (Å²) < 4.78 is 21.5. The van der Waals surface area contributed by atoms with E-state index in [1.54, 1.807) is 0 Å². The van der Waals surface area contributed by atoms with Gasteiger partial charge in [0, 0.05) is 26.3 Å². The van der Waals surface area contributed by atoms with Crippen LogP contribution < -0.4 is 5.32 Å². The van der Waals surface area contributed by atoms with Crippen LogP contribution in [0.4, 0.5) is 0 Å². The van der Waals surface area contributed by atoms with Crippen LogP contribution in [-0.2, 0) is 18.9 Å². The van der Waals surface area contributed by atoms with Crippen molar-refractivity contribution in [3.8, 4) is 0 Å². The van der Waals surface area contributed by atoms with E-state index in [1.165, 1.54) is 0 Å². The molecule has 16 heavy (non-hydrogen) atoms. The van der Waals surface area contributed by atoms with Crippen LogP contribution in [-0.4, -0.2) is 65.9 Å². The minimum absolute atomic E-state index is 0.666. The SMILES string of the molecule is C1COCCOCCNCCOCCOC1.